The average molecular weight is 286 g/mol. The van der Waals surface area contributed by atoms with Gasteiger partial charge in [-0.15, -0.1) is 0 Å². The summed E-state index contributed by atoms with van der Waals surface area (Å²) >= 11 is 0. The van der Waals surface area contributed by atoms with Crippen LogP contribution in [0, 0.1) is 0 Å². The van der Waals surface area contributed by atoms with Crippen LogP contribution in [0.2, 0.25) is 0 Å². The van der Waals surface area contributed by atoms with Gasteiger partial charge in [0.2, 0.25) is 5.91 Å². The van der Waals surface area contributed by atoms with Crippen molar-refractivity contribution in [3.8, 4) is 0 Å². The van der Waals surface area contributed by atoms with Gasteiger partial charge < -0.3 is 5.73 Å². The topological polar surface area (TPSA) is 46.3 Å². The van der Waals surface area contributed by atoms with Crippen molar-refractivity contribution >= 4 is 5.91 Å². The van der Waals surface area contributed by atoms with E-state index in [9.17, 15) is 18.0 Å². The van der Waals surface area contributed by atoms with Gasteiger partial charge in [-0.25, -0.2) is 0 Å². The average Bonchev–Trinajstić information content (AvgIpc) is 2.83. The van der Waals surface area contributed by atoms with Crippen molar-refractivity contribution in [1.82, 2.24) is 4.90 Å². The minimum Gasteiger partial charge on any atom is -0.370 e. The number of hydrogen-bond donors (Lipinski definition) is 1. The fourth-order valence-corrected chi connectivity index (χ4v) is 2.75. The Labute approximate surface area is 115 Å². The molecule has 1 aliphatic rings. The Hall–Kier alpha value is -1.56. The molecule has 1 aliphatic heterocycles. The van der Waals surface area contributed by atoms with E-state index < -0.39 is 17.6 Å². The molecule has 20 heavy (non-hydrogen) atoms. The number of hydrogen-bond acceptors (Lipinski definition) is 2. The standard InChI is InChI=1S/C14H17F3N2O/c15-14(16,17)11-5-2-1-4-10(11)12-6-3-8-19(12)9-7-13(18)20/h1-2,4-5,12H,3,6-9H2,(H2,18,20)/t12-/m0/s1. The number of carbonyl (C=O) groups excluding carboxylic acids is 1. The van der Waals surface area contributed by atoms with Crippen molar-refractivity contribution in [3.05, 3.63) is 35.4 Å². The number of alkyl halides is 3. The van der Waals surface area contributed by atoms with Crippen LogP contribution >= 0.6 is 0 Å². The second-order valence-electron chi connectivity index (χ2n) is 5.00. The Morgan fingerprint density at radius 1 is 1.35 bits per heavy atom. The van der Waals surface area contributed by atoms with Crippen LogP contribution in [0.25, 0.3) is 0 Å². The van der Waals surface area contributed by atoms with E-state index in [1.54, 1.807) is 6.07 Å². The highest BCUT2D eigenvalue weighted by Gasteiger charge is 2.37. The zero-order valence-electron chi connectivity index (χ0n) is 11.0. The van der Waals surface area contributed by atoms with Crippen LogP contribution < -0.4 is 5.73 Å². The maximum absolute atomic E-state index is 13.1. The maximum atomic E-state index is 13.1. The smallest absolute Gasteiger partial charge is 0.370 e. The molecule has 1 atom stereocenters. The van der Waals surface area contributed by atoms with Crippen LogP contribution in [0.1, 0.15) is 36.4 Å². The summed E-state index contributed by atoms with van der Waals surface area (Å²) in [5.41, 5.74) is 4.81. The van der Waals surface area contributed by atoms with E-state index in [2.05, 4.69) is 0 Å². The van der Waals surface area contributed by atoms with Gasteiger partial charge in [0.25, 0.3) is 0 Å². The van der Waals surface area contributed by atoms with Crippen molar-refractivity contribution in [1.29, 1.82) is 0 Å². The molecule has 2 N–H and O–H groups in total. The summed E-state index contributed by atoms with van der Waals surface area (Å²) in [4.78, 5) is 12.8. The Balaban J connectivity index is 2.24. The van der Waals surface area contributed by atoms with Gasteiger partial charge in [-0.2, -0.15) is 13.2 Å². The van der Waals surface area contributed by atoms with Crippen molar-refractivity contribution in [2.45, 2.75) is 31.5 Å². The molecule has 0 radical (unpaired) electrons. The minimum absolute atomic E-state index is 0.171. The first kappa shape index (κ1) is 14.8. The fourth-order valence-electron chi connectivity index (χ4n) is 2.75. The first-order valence-corrected chi connectivity index (χ1v) is 6.58. The normalized spacial score (nSPS) is 20.2. The Kier molecular flexibility index (Phi) is 4.32. The molecule has 0 aliphatic carbocycles. The largest absolute Gasteiger partial charge is 0.416 e. The molecule has 0 spiro atoms. The van der Waals surface area contributed by atoms with Crippen LogP contribution in [0.3, 0.4) is 0 Å². The van der Waals surface area contributed by atoms with E-state index in [-0.39, 0.29) is 12.5 Å². The number of likely N-dealkylation sites (tertiary alicyclic amines) is 1. The second kappa shape index (κ2) is 5.83. The van der Waals surface area contributed by atoms with Crippen molar-refractivity contribution < 1.29 is 18.0 Å². The van der Waals surface area contributed by atoms with Gasteiger partial charge in [-0.3, -0.25) is 9.69 Å². The number of nitrogens with two attached hydrogens (primary N) is 1. The van der Waals surface area contributed by atoms with Gasteiger partial charge in [-0.05, 0) is 31.0 Å². The predicted molar refractivity (Wildman–Crippen MR) is 68.8 cm³/mol. The van der Waals surface area contributed by atoms with E-state index in [4.69, 9.17) is 5.73 Å². The Morgan fingerprint density at radius 2 is 2.05 bits per heavy atom. The molecule has 3 nitrogen and oxygen atoms in total. The lowest BCUT2D eigenvalue weighted by Gasteiger charge is -2.26. The first-order chi connectivity index (χ1) is 9.39. The highest BCUT2D eigenvalue weighted by Crippen LogP contribution is 2.40. The summed E-state index contributed by atoms with van der Waals surface area (Å²) in [6.45, 7) is 1.11. The monoisotopic (exact) mass is 286 g/mol. The van der Waals surface area contributed by atoms with Gasteiger partial charge in [0.1, 0.15) is 0 Å². The number of amides is 1. The van der Waals surface area contributed by atoms with E-state index >= 15 is 0 Å². The molecule has 1 amide bonds. The first-order valence-electron chi connectivity index (χ1n) is 6.58. The van der Waals surface area contributed by atoms with Crippen LogP contribution in [-0.2, 0) is 11.0 Å². The number of halogens is 3. The summed E-state index contributed by atoms with van der Waals surface area (Å²) in [7, 11) is 0. The summed E-state index contributed by atoms with van der Waals surface area (Å²) in [6.07, 6.45) is -2.68. The lowest BCUT2D eigenvalue weighted by molar-refractivity contribution is -0.138. The number of benzene rings is 1. The van der Waals surface area contributed by atoms with Crippen LogP contribution in [-0.4, -0.2) is 23.9 Å². The lowest BCUT2D eigenvalue weighted by Crippen LogP contribution is -2.29. The van der Waals surface area contributed by atoms with E-state index in [0.29, 0.717) is 25.1 Å². The Bertz CT molecular complexity index is 488. The van der Waals surface area contributed by atoms with Crippen molar-refractivity contribution in [2.24, 2.45) is 5.73 Å². The fraction of sp³-hybridized carbons (Fsp3) is 0.500. The maximum Gasteiger partial charge on any atom is 0.416 e. The van der Waals surface area contributed by atoms with Gasteiger partial charge in [0.05, 0.1) is 5.56 Å². The predicted octanol–water partition coefficient (Wildman–Crippen LogP) is 2.72. The highest BCUT2D eigenvalue weighted by molar-refractivity contribution is 5.73. The lowest BCUT2D eigenvalue weighted by atomic mass is 9.98. The van der Waals surface area contributed by atoms with E-state index in [1.165, 1.54) is 12.1 Å². The van der Waals surface area contributed by atoms with Crippen molar-refractivity contribution in [3.63, 3.8) is 0 Å². The molecule has 0 saturated carbocycles. The number of primary amides is 1. The van der Waals surface area contributed by atoms with Gasteiger partial charge in [-0.1, -0.05) is 18.2 Å². The molecule has 110 valence electrons. The molecular formula is C14H17F3N2O. The van der Waals surface area contributed by atoms with Crippen LogP contribution in [0.4, 0.5) is 13.2 Å². The Morgan fingerprint density at radius 3 is 2.70 bits per heavy atom. The number of rotatable bonds is 4. The van der Waals surface area contributed by atoms with Crippen molar-refractivity contribution in [2.75, 3.05) is 13.1 Å². The van der Waals surface area contributed by atoms with Gasteiger partial charge in [0.15, 0.2) is 0 Å². The SMILES string of the molecule is NC(=O)CCN1CCC[C@H]1c1ccccc1C(F)(F)F. The molecule has 1 saturated heterocycles. The molecule has 6 heteroatoms. The summed E-state index contributed by atoms with van der Waals surface area (Å²) in [6, 6.07) is 5.37. The van der Waals surface area contributed by atoms with E-state index in [0.717, 1.165) is 12.5 Å². The number of nitrogens with zero attached hydrogens (tertiary/aromatic N) is 1. The molecule has 1 heterocycles. The molecule has 1 fully saturated rings. The quantitative estimate of drug-likeness (QED) is 0.925. The van der Waals surface area contributed by atoms with Crippen LogP contribution in [0.5, 0.6) is 0 Å². The summed E-state index contributed by atoms with van der Waals surface area (Å²) in [5, 5.41) is 0. The molecular weight excluding hydrogens is 269 g/mol. The molecule has 1 aromatic rings. The highest BCUT2D eigenvalue weighted by atomic mass is 19.4. The molecule has 0 bridgehead atoms. The summed E-state index contributed by atoms with van der Waals surface area (Å²) < 4.78 is 39.2. The summed E-state index contributed by atoms with van der Waals surface area (Å²) in [5.74, 6) is -0.431. The molecule has 0 unspecified atom stereocenters. The molecule has 1 aromatic carbocycles. The van der Waals surface area contributed by atoms with Gasteiger partial charge in [0, 0.05) is 19.0 Å². The van der Waals surface area contributed by atoms with Crippen LogP contribution in [0.15, 0.2) is 24.3 Å². The molecule has 0 aromatic heterocycles. The van der Waals surface area contributed by atoms with Gasteiger partial charge >= 0.3 is 6.18 Å². The minimum atomic E-state index is -4.35. The zero-order valence-corrected chi connectivity index (χ0v) is 11.0. The third-order valence-corrected chi connectivity index (χ3v) is 3.63. The number of carbonyl (C=O) groups is 1. The second-order valence-corrected chi connectivity index (χ2v) is 5.00. The molecule has 2 rings (SSSR count). The van der Waals surface area contributed by atoms with E-state index in [1.807, 2.05) is 4.90 Å². The third-order valence-electron chi connectivity index (χ3n) is 3.63. The zero-order chi connectivity index (χ0) is 14.8. The third kappa shape index (κ3) is 3.30.